The summed E-state index contributed by atoms with van der Waals surface area (Å²) in [4.78, 5) is 4.32. The number of aryl methyl sites for hydroxylation is 2. The van der Waals surface area contributed by atoms with Crippen molar-refractivity contribution in [2.75, 3.05) is 6.54 Å². The second-order valence-corrected chi connectivity index (χ2v) is 6.58. The van der Waals surface area contributed by atoms with Gasteiger partial charge >= 0.3 is 0 Å². The van der Waals surface area contributed by atoms with E-state index in [1.807, 2.05) is 11.7 Å². The van der Waals surface area contributed by atoms with Crippen LogP contribution >= 0.6 is 0 Å². The van der Waals surface area contributed by atoms with Crippen LogP contribution in [-0.2, 0) is 13.5 Å². The van der Waals surface area contributed by atoms with E-state index in [9.17, 15) is 0 Å². The molecule has 0 fully saturated rings. The van der Waals surface area contributed by atoms with Crippen LogP contribution < -0.4 is 5.32 Å². The molecule has 1 atom stereocenters. The third-order valence-corrected chi connectivity index (χ3v) is 3.67. The molecule has 2 aromatic rings. The Morgan fingerprint density at radius 1 is 1.19 bits per heavy atom. The molecule has 0 saturated carbocycles. The van der Waals surface area contributed by atoms with Crippen molar-refractivity contribution in [1.82, 2.24) is 20.1 Å². The lowest BCUT2D eigenvalue weighted by atomic mass is 9.93. The maximum atomic E-state index is 4.32. The van der Waals surface area contributed by atoms with Gasteiger partial charge in [-0.3, -0.25) is 4.68 Å². The predicted molar refractivity (Wildman–Crippen MR) is 86.3 cm³/mol. The third kappa shape index (κ3) is 4.97. The fourth-order valence-corrected chi connectivity index (χ4v) is 2.39. The summed E-state index contributed by atoms with van der Waals surface area (Å²) in [6.45, 7) is 7.60. The number of nitrogens with zero attached hydrogens (tertiary/aromatic N) is 3. The molecule has 4 heteroatoms. The summed E-state index contributed by atoms with van der Waals surface area (Å²) < 4.78 is 1.86. The number of nitrogens with one attached hydrogen (secondary N) is 1. The third-order valence-electron chi connectivity index (χ3n) is 3.67. The van der Waals surface area contributed by atoms with Gasteiger partial charge in [0.25, 0.3) is 0 Å². The Morgan fingerprint density at radius 3 is 2.48 bits per heavy atom. The van der Waals surface area contributed by atoms with Crippen molar-refractivity contribution >= 4 is 0 Å². The van der Waals surface area contributed by atoms with Crippen molar-refractivity contribution in [3.8, 4) is 0 Å². The number of rotatable bonds is 6. The molecule has 1 N–H and O–H groups in total. The molecule has 0 amide bonds. The smallest absolute Gasteiger partial charge is 0.138 e. The van der Waals surface area contributed by atoms with Crippen molar-refractivity contribution in [3.05, 3.63) is 48.0 Å². The van der Waals surface area contributed by atoms with Crippen molar-refractivity contribution in [2.45, 2.75) is 45.1 Å². The quantitative estimate of drug-likeness (QED) is 0.888. The zero-order chi connectivity index (χ0) is 15.3. The van der Waals surface area contributed by atoms with E-state index in [2.05, 4.69) is 66.5 Å². The van der Waals surface area contributed by atoms with E-state index in [1.165, 1.54) is 5.56 Å². The van der Waals surface area contributed by atoms with Gasteiger partial charge in [-0.2, -0.15) is 5.10 Å². The van der Waals surface area contributed by atoms with E-state index in [0.717, 1.165) is 25.2 Å². The zero-order valence-corrected chi connectivity index (χ0v) is 13.5. The van der Waals surface area contributed by atoms with Crippen LogP contribution in [0.5, 0.6) is 0 Å². The molecule has 1 aromatic heterocycles. The number of aromatic nitrogens is 3. The van der Waals surface area contributed by atoms with Gasteiger partial charge in [-0.1, -0.05) is 30.3 Å². The first-order chi connectivity index (χ1) is 9.96. The Morgan fingerprint density at radius 2 is 1.90 bits per heavy atom. The van der Waals surface area contributed by atoms with Crippen LogP contribution in [0, 0.1) is 0 Å². The highest BCUT2D eigenvalue weighted by molar-refractivity contribution is 5.20. The number of hydrogen-bond acceptors (Lipinski definition) is 3. The molecule has 0 spiro atoms. The second kappa shape index (κ2) is 6.85. The highest BCUT2D eigenvalue weighted by Gasteiger charge is 2.16. The predicted octanol–water partition coefficient (Wildman–Crippen LogP) is 2.92. The molecule has 1 aromatic carbocycles. The summed E-state index contributed by atoms with van der Waals surface area (Å²) in [5, 5.41) is 7.76. The van der Waals surface area contributed by atoms with Crippen molar-refractivity contribution in [2.24, 2.45) is 7.05 Å². The van der Waals surface area contributed by atoms with Gasteiger partial charge < -0.3 is 5.32 Å². The first-order valence-electron chi connectivity index (χ1n) is 7.58. The van der Waals surface area contributed by atoms with Gasteiger partial charge in [-0.05, 0) is 38.7 Å². The fourth-order valence-electron chi connectivity index (χ4n) is 2.39. The minimum atomic E-state index is 0.137. The normalized spacial score (nSPS) is 13.3. The lowest BCUT2D eigenvalue weighted by Crippen LogP contribution is -2.38. The van der Waals surface area contributed by atoms with Crippen molar-refractivity contribution in [3.63, 3.8) is 0 Å². The van der Waals surface area contributed by atoms with Gasteiger partial charge in [0, 0.05) is 25.6 Å². The van der Waals surface area contributed by atoms with Crippen LogP contribution in [0.15, 0.2) is 36.7 Å². The van der Waals surface area contributed by atoms with Crippen LogP contribution in [0.2, 0.25) is 0 Å². The van der Waals surface area contributed by atoms with Gasteiger partial charge in [0.05, 0.1) is 0 Å². The number of hydrogen-bond donors (Lipinski definition) is 1. The lowest BCUT2D eigenvalue weighted by molar-refractivity contribution is 0.397. The lowest BCUT2D eigenvalue weighted by Gasteiger charge is -2.25. The highest BCUT2D eigenvalue weighted by atomic mass is 15.3. The minimum absolute atomic E-state index is 0.137. The summed E-state index contributed by atoms with van der Waals surface area (Å²) in [6.07, 6.45) is 3.64. The topological polar surface area (TPSA) is 42.7 Å². The first kappa shape index (κ1) is 15.7. The average Bonchev–Trinajstić information content (AvgIpc) is 2.84. The first-order valence-corrected chi connectivity index (χ1v) is 7.58. The molecule has 21 heavy (non-hydrogen) atoms. The SMILES string of the molecule is Cn1ncnc1CCC(CNC(C)(C)C)c1ccccc1. The van der Waals surface area contributed by atoms with Crippen molar-refractivity contribution < 1.29 is 0 Å². The van der Waals surface area contributed by atoms with Crippen molar-refractivity contribution in [1.29, 1.82) is 0 Å². The summed E-state index contributed by atoms with van der Waals surface area (Å²) in [6, 6.07) is 10.7. The van der Waals surface area contributed by atoms with Crippen LogP contribution in [0.4, 0.5) is 0 Å². The number of benzene rings is 1. The second-order valence-electron chi connectivity index (χ2n) is 6.58. The maximum Gasteiger partial charge on any atom is 0.138 e. The molecule has 0 aliphatic rings. The Balaban J connectivity index is 2.03. The van der Waals surface area contributed by atoms with E-state index in [0.29, 0.717) is 5.92 Å². The fraction of sp³-hybridized carbons (Fsp3) is 0.529. The molecule has 0 aliphatic carbocycles. The molecule has 4 nitrogen and oxygen atoms in total. The highest BCUT2D eigenvalue weighted by Crippen LogP contribution is 2.21. The van der Waals surface area contributed by atoms with Gasteiger partial charge in [0.2, 0.25) is 0 Å². The molecule has 1 heterocycles. The van der Waals surface area contributed by atoms with E-state index >= 15 is 0 Å². The maximum absolute atomic E-state index is 4.32. The van der Waals surface area contributed by atoms with Crippen LogP contribution in [0.25, 0.3) is 0 Å². The van der Waals surface area contributed by atoms with E-state index in [-0.39, 0.29) is 5.54 Å². The summed E-state index contributed by atoms with van der Waals surface area (Å²) in [5.74, 6) is 1.54. The van der Waals surface area contributed by atoms with Gasteiger partial charge in [-0.25, -0.2) is 4.98 Å². The molecule has 0 radical (unpaired) electrons. The van der Waals surface area contributed by atoms with E-state index in [4.69, 9.17) is 0 Å². The Bertz CT molecular complexity index is 539. The average molecular weight is 286 g/mol. The molecule has 1 unspecified atom stereocenters. The van der Waals surface area contributed by atoms with Crippen LogP contribution in [0.1, 0.15) is 44.5 Å². The molecule has 2 rings (SSSR count). The van der Waals surface area contributed by atoms with Gasteiger partial charge in [-0.15, -0.1) is 0 Å². The summed E-state index contributed by atoms with van der Waals surface area (Å²) in [7, 11) is 1.95. The molecule has 0 bridgehead atoms. The standard InChI is InChI=1S/C17H26N4/c1-17(2,3)19-12-15(14-8-6-5-7-9-14)10-11-16-18-13-20-21(16)4/h5-9,13,15,19H,10-12H2,1-4H3. The van der Waals surface area contributed by atoms with E-state index in [1.54, 1.807) is 6.33 Å². The van der Waals surface area contributed by atoms with E-state index < -0.39 is 0 Å². The monoisotopic (exact) mass is 286 g/mol. The summed E-state index contributed by atoms with van der Waals surface area (Å²) in [5.41, 5.74) is 1.52. The van der Waals surface area contributed by atoms with Gasteiger partial charge in [0.1, 0.15) is 12.2 Å². The van der Waals surface area contributed by atoms with Crippen LogP contribution in [0.3, 0.4) is 0 Å². The molecular formula is C17H26N4. The summed E-state index contributed by atoms with van der Waals surface area (Å²) >= 11 is 0. The molecule has 114 valence electrons. The van der Waals surface area contributed by atoms with Gasteiger partial charge in [0.15, 0.2) is 0 Å². The molecule has 0 aliphatic heterocycles. The zero-order valence-electron chi connectivity index (χ0n) is 13.5. The Labute approximate surface area is 127 Å². The van der Waals surface area contributed by atoms with Crippen LogP contribution in [-0.4, -0.2) is 26.8 Å². The molecular weight excluding hydrogens is 260 g/mol. The Kier molecular flexibility index (Phi) is 5.12. The largest absolute Gasteiger partial charge is 0.311 e. The molecule has 0 saturated heterocycles. The minimum Gasteiger partial charge on any atom is -0.311 e. The Hall–Kier alpha value is -1.68.